The van der Waals surface area contributed by atoms with Crippen LogP contribution in [-0.2, 0) is 6.54 Å². The SMILES string of the molecule is c1cc(CNCCCC2CCCC2)cs1. The van der Waals surface area contributed by atoms with Crippen molar-refractivity contribution in [1.29, 1.82) is 0 Å². The fourth-order valence-corrected chi connectivity index (χ4v) is 3.11. The van der Waals surface area contributed by atoms with Crippen LogP contribution in [0.4, 0.5) is 0 Å². The van der Waals surface area contributed by atoms with Gasteiger partial charge < -0.3 is 5.32 Å². The highest BCUT2D eigenvalue weighted by Crippen LogP contribution is 2.28. The first-order valence-corrected chi connectivity index (χ1v) is 7.11. The van der Waals surface area contributed by atoms with Gasteiger partial charge >= 0.3 is 0 Å². The third-order valence-corrected chi connectivity index (χ3v) is 4.08. The minimum atomic E-state index is 1.05. The van der Waals surface area contributed by atoms with Crippen LogP contribution in [0, 0.1) is 5.92 Å². The largest absolute Gasteiger partial charge is 0.313 e. The van der Waals surface area contributed by atoms with Crippen LogP contribution in [0.1, 0.15) is 44.1 Å². The lowest BCUT2D eigenvalue weighted by atomic mass is 10.0. The van der Waals surface area contributed by atoms with Gasteiger partial charge in [0.25, 0.3) is 0 Å². The van der Waals surface area contributed by atoms with E-state index in [2.05, 4.69) is 22.1 Å². The van der Waals surface area contributed by atoms with Crippen LogP contribution in [0.2, 0.25) is 0 Å². The molecule has 0 radical (unpaired) electrons. The first-order valence-electron chi connectivity index (χ1n) is 6.17. The number of thiophene rings is 1. The van der Waals surface area contributed by atoms with Crippen molar-refractivity contribution in [2.75, 3.05) is 6.54 Å². The van der Waals surface area contributed by atoms with E-state index < -0.39 is 0 Å². The molecule has 1 fully saturated rings. The third kappa shape index (κ3) is 3.96. The molecule has 1 aromatic heterocycles. The van der Waals surface area contributed by atoms with E-state index in [1.807, 2.05) is 0 Å². The summed E-state index contributed by atoms with van der Waals surface area (Å²) in [5, 5.41) is 7.89. The molecule has 84 valence electrons. The number of rotatable bonds is 6. The summed E-state index contributed by atoms with van der Waals surface area (Å²) in [5.41, 5.74) is 1.43. The van der Waals surface area contributed by atoms with E-state index in [1.165, 1.54) is 50.6 Å². The molecule has 1 aliphatic rings. The molecule has 0 spiro atoms. The average Bonchev–Trinajstić information content (AvgIpc) is 2.88. The topological polar surface area (TPSA) is 12.0 Å². The van der Waals surface area contributed by atoms with Crippen LogP contribution in [0.3, 0.4) is 0 Å². The van der Waals surface area contributed by atoms with Crippen molar-refractivity contribution in [3.8, 4) is 0 Å². The molecule has 2 heteroatoms. The lowest BCUT2D eigenvalue weighted by molar-refractivity contribution is 0.470. The van der Waals surface area contributed by atoms with Gasteiger partial charge in [0.05, 0.1) is 0 Å². The molecule has 15 heavy (non-hydrogen) atoms. The van der Waals surface area contributed by atoms with Gasteiger partial charge in [-0.15, -0.1) is 0 Å². The van der Waals surface area contributed by atoms with Gasteiger partial charge in [-0.25, -0.2) is 0 Å². The van der Waals surface area contributed by atoms with Gasteiger partial charge in [-0.1, -0.05) is 25.7 Å². The van der Waals surface area contributed by atoms with Gasteiger partial charge in [-0.05, 0) is 47.7 Å². The van der Waals surface area contributed by atoms with Crippen LogP contribution < -0.4 is 5.32 Å². The maximum absolute atomic E-state index is 3.52. The zero-order valence-electron chi connectivity index (χ0n) is 9.37. The first-order chi connectivity index (χ1) is 7.45. The van der Waals surface area contributed by atoms with Crippen molar-refractivity contribution < 1.29 is 0 Å². The maximum atomic E-state index is 3.52. The Labute approximate surface area is 96.9 Å². The molecule has 1 N–H and O–H groups in total. The lowest BCUT2D eigenvalue weighted by Gasteiger charge is -2.08. The summed E-state index contributed by atoms with van der Waals surface area (Å²) in [5.74, 6) is 1.05. The molecule has 0 aliphatic heterocycles. The number of hydrogen-bond acceptors (Lipinski definition) is 2. The van der Waals surface area contributed by atoms with Crippen LogP contribution >= 0.6 is 11.3 Å². The molecule has 2 rings (SSSR count). The monoisotopic (exact) mass is 223 g/mol. The summed E-state index contributed by atoms with van der Waals surface area (Å²) < 4.78 is 0. The van der Waals surface area contributed by atoms with Gasteiger partial charge in [0.1, 0.15) is 0 Å². The predicted molar refractivity (Wildman–Crippen MR) is 67.2 cm³/mol. The Kier molecular flexibility index (Phi) is 4.68. The van der Waals surface area contributed by atoms with Crippen LogP contribution in [-0.4, -0.2) is 6.54 Å². The fraction of sp³-hybridized carbons (Fsp3) is 0.692. The van der Waals surface area contributed by atoms with Gasteiger partial charge in [0.15, 0.2) is 0 Å². The van der Waals surface area contributed by atoms with E-state index in [4.69, 9.17) is 0 Å². The summed E-state index contributed by atoms with van der Waals surface area (Å²) in [4.78, 5) is 0. The number of nitrogens with one attached hydrogen (secondary N) is 1. The van der Waals surface area contributed by atoms with Crippen molar-refractivity contribution >= 4 is 11.3 Å². The maximum Gasteiger partial charge on any atom is 0.0213 e. The smallest absolute Gasteiger partial charge is 0.0213 e. The molecule has 0 amide bonds. The van der Waals surface area contributed by atoms with Crippen LogP contribution in [0.25, 0.3) is 0 Å². The Morgan fingerprint density at radius 2 is 2.20 bits per heavy atom. The lowest BCUT2D eigenvalue weighted by Crippen LogP contribution is -2.14. The van der Waals surface area contributed by atoms with E-state index in [9.17, 15) is 0 Å². The van der Waals surface area contributed by atoms with E-state index >= 15 is 0 Å². The molecular weight excluding hydrogens is 202 g/mol. The normalized spacial score (nSPS) is 17.3. The molecule has 1 saturated carbocycles. The molecule has 1 heterocycles. The number of hydrogen-bond donors (Lipinski definition) is 1. The average molecular weight is 223 g/mol. The quantitative estimate of drug-likeness (QED) is 0.723. The standard InChI is InChI=1S/C13H21NS/c1-2-5-12(4-1)6-3-8-14-10-13-7-9-15-11-13/h7,9,11-12,14H,1-6,8,10H2. The minimum Gasteiger partial charge on any atom is -0.313 e. The Balaban J connectivity index is 1.48. The molecule has 0 unspecified atom stereocenters. The van der Waals surface area contributed by atoms with Gasteiger partial charge in [-0.3, -0.25) is 0 Å². The van der Waals surface area contributed by atoms with E-state index in [1.54, 1.807) is 11.3 Å². The van der Waals surface area contributed by atoms with Crippen LogP contribution in [0.5, 0.6) is 0 Å². The van der Waals surface area contributed by atoms with Crippen LogP contribution in [0.15, 0.2) is 16.8 Å². The summed E-state index contributed by atoms with van der Waals surface area (Å²) in [6.07, 6.45) is 8.74. The Morgan fingerprint density at radius 1 is 1.33 bits per heavy atom. The first kappa shape index (κ1) is 11.2. The Morgan fingerprint density at radius 3 is 2.93 bits per heavy atom. The molecule has 0 aromatic carbocycles. The van der Waals surface area contributed by atoms with Crippen molar-refractivity contribution in [3.63, 3.8) is 0 Å². The minimum absolute atomic E-state index is 1.05. The van der Waals surface area contributed by atoms with Crippen molar-refractivity contribution in [3.05, 3.63) is 22.4 Å². The van der Waals surface area contributed by atoms with E-state index in [0.29, 0.717) is 0 Å². The van der Waals surface area contributed by atoms with E-state index in [0.717, 1.165) is 12.5 Å². The van der Waals surface area contributed by atoms with E-state index in [-0.39, 0.29) is 0 Å². The Bertz CT molecular complexity index is 250. The zero-order valence-corrected chi connectivity index (χ0v) is 10.2. The van der Waals surface area contributed by atoms with Crippen molar-refractivity contribution in [1.82, 2.24) is 5.32 Å². The summed E-state index contributed by atoms with van der Waals surface area (Å²) in [7, 11) is 0. The molecule has 0 saturated heterocycles. The van der Waals surface area contributed by atoms with Gasteiger partial charge in [0, 0.05) is 6.54 Å². The van der Waals surface area contributed by atoms with Gasteiger partial charge in [0.2, 0.25) is 0 Å². The molecule has 0 bridgehead atoms. The second-order valence-corrected chi connectivity index (χ2v) is 5.38. The second-order valence-electron chi connectivity index (χ2n) is 4.60. The summed E-state index contributed by atoms with van der Waals surface area (Å²) in [6, 6.07) is 2.20. The zero-order chi connectivity index (χ0) is 10.3. The highest BCUT2D eigenvalue weighted by atomic mass is 32.1. The summed E-state index contributed by atoms with van der Waals surface area (Å²) >= 11 is 1.78. The summed E-state index contributed by atoms with van der Waals surface area (Å²) in [6.45, 7) is 2.24. The molecule has 1 aromatic rings. The second kappa shape index (κ2) is 6.29. The highest BCUT2D eigenvalue weighted by molar-refractivity contribution is 7.07. The predicted octanol–water partition coefficient (Wildman–Crippen LogP) is 3.81. The molecular formula is C13H21NS. The highest BCUT2D eigenvalue weighted by Gasteiger charge is 2.13. The molecule has 0 atom stereocenters. The van der Waals surface area contributed by atoms with Gasteiger partial charge in [-0.2, -0.15) is 11.3 Å². The fourth-order valence-electron chi connectivity index (χ4n) is 2.44. The van der Waals surface area contributed by atoms with Crippen molar-refractivity contribution in [2.24, 2.45) is 5.92 Å². The molecule has 1 aliphatic carbocycles. The molecule has 1 nitrogen and oxygen atoms in total. The van der Waals surface area contributed by atoms with Crippen molar-refractivity contribution in [2.45, 2.75) is 45.1 Å². The Hall–Kier alpha value is -0.340. The third-order valence-electron chi connectivity index (χ3n) is 3.35.